The molecule has 2 unspecified atom stereocenters. The highest BCUT2D eigenvalue weighted by atomic mass is 35.5. The van der Waals surface area contributed by atoms with Crippen molar-refractivity contribution >= 4 is 24.0 Å². The molecule has 2 bridgehead atoms. The van der Waals surface area contributed by atoms with Crippen LogP contribution in [0.2, 0.25) is 0 Å². The van der Waals surface area contributed by atoms with E-state index in [4.69, 9.17) is 0 Å². The number of halogens is 1. The Morgan fingerprint density at radius 1 is 1.35 bits per heavy atom. The SMILES string of the molecule is Cl.O=C(NC1CC2CCC(C1)N2)c1cc([N+](=O)[O-])c[nH]1. The quantitative estimate of drug-likeness (QED) is 0.579. The standard InChI is InChI=1S/C12H16N4O3.ClH/c17-12(11-5-10(6-13-11)16(18)19)15-9-3-7-1-2-8(4-9)14-7;/h5-9,13-14H,1-4H2,(H,15,17);1H. The van der Waals surface area contributed by atoms with Crippen molar-refractivity contribution in [3.8, 4) is 0 Å². The summed E-state index contributed by atoms with van der Waals surface area (Å²) in [5.74, 6) is -0.264. The van der Waals surface area contributed by atoms with Gasteiger partial charge in [0.1, 0.15) is 5.69 Å². The number of aromatic amines is 1. The molecular formula is C12H17ClN4O3. The summed E-state index contributed by atoms with van der Waals surface area (Å²) in [5.41, 5.74) is 0.160. The van der Waals surface area contributed by atoms with E-state index in [1.807, 2.05) is 0 Å². The van der Waals surface area contributed by atoms with E-state index in [1.165, 1.54) is 25.1 Å². The maximum absolute atomic E-state index is 12.0. The number of fused-ring (bicyclic) bond motifs is 2. The molecule has 110 valence electrons. The van der Waals surface area contributed by atoms with E-state index in [0.29, 0.717) is 12.1 Å². The van der Waals surface area contributed by atoms with Crippen molar-refractivity contribution in [3.63, 3.8) is 0 Å². The van der Waals surface area contributed by atoms with Crippen molar-refractivity contribution in [3.05, 3.63) is 28.1 Å². The van der Waals surface area contributed by atoms with E-state index in [-0.39, 0.29) is 35.7 Å². The number of nitrogens with one attached hydrogen (secondary N) is 3. The third-order valence-electron chi connectivity index (χ3n) is 3.93. The normalized spacial score (nSPS) is 27.7. The van der Waals surface area contributed by atoms with Gasteiger partial charge in [0.2, 0.25) is 0 Å². The summed E-state index contributed by atoms with van der Waals surface area (Å²) in [6.45, 7) is 0. The van der Waals surface area contributed by atoms with Gasteiger partial charge < -0.3 is 15.6 Å². The molecule has 3 rings (SSSR count). The van der Waals surface area contributed by atoms with Crippen molar-refractivity contribution in [2.75, 3.05) is 0 Å². The molecule has 2 fully saturated rings. The van der Waals surface area contributed by atoms with Crippen LogP contribution in [0.4, 0.5) is 5.69 Å². The first-order valence-corrected chi connectivity index (χ1v) is 6.51. The van der Waals surface area contributed by atoms with Gasteiger partial charge in [0.15, 0.2) is 0 Å². The van der Waals surface area contributed by atoms with Crippen molar-refractivity contribution in [2.24, 2.45) is 0 Å². The Bertz CT molecular complexity index is 507. The zero-order valence-corrected chi connectivity index (χ0v) is 11.6. The van der Waals surface area contributed by atoms with Gasteiger partial charge in [-0.1, -0.05) is 0 Å². The van der Waals surface area contributed by atoms with Crippen LogP contribution in [0.5, 0.6) is 0 Å². The monoisotopic (exact) mass is 300 g/mol. The van der Waals surface area contributed by atoms with Crippen LogP contribution >= 0.6 is 12.4 Å². The molecule has 2 atom stereocenters. The van der Waals surface area contributed by atoms with E-state index >= 15 is 0 Å². The highest BCUT2D eigenvalue weighted by Gasteiger charge is 2.34. The van der Waals surface area contributed by atoms with Gasteiger partial charge >= 0.3 is 0 Å². The van der Waals surface area contributed by atoms with Crippen LogP contribution in [0.3, 0.4) is 0 Å². The maximum Gasteiger partial charge on any atom is 0.287 e. The van der Waals surface area contributed by atoms with Gasteiger partial charge in [-0.15, -0.1) is 12.4 Å². The predicted molar refractivity (Wildman–Crippen MR) is 75.1 cm³/mol. The first kappa shape index (κ1) is 14.8. The first-order chi connectivity index (χ1) is 9.11. The summed E-state index contributed by atoms with van der Waals surface area (Å²) in [7, 11) is 0. The number of nitrogens with zero attached hydrogens (tertiary/aromatic N) is 1. The minimum absolute atomic E-state index is 0. The molecule has 3 N–H and O–H groups in total. The zero-order valence-electron chi connectivity index (χ0n) is 10.8. The molecule has 1 amide bonds. The number of H-pyrrole nitrogens is 1. The summed E-state index contributed by atoms with van der Waals surface area (Å²) in [4.78, 5) is 24.7. The molecule has 0 radical (unpaired) electrons. The number of rotatable bonds is 3. The number of carbonyl (C=O) groups excluding carboxylic acids is 1. The minimum atomic E-state index is -0.516. The Balaban J connectivity index is 0.00000147. The van der Waals surface area contributed by atoms with Gasteiger partial charge in [0, 0.05) is 24.2 Å². The van der Waals surface area contributed by atoms with Gasteiger partial charge in [-0.2, -0.15) is 0 Å². The molecule has 0 aromatic carbocycles. The third kappa shape index (κ3) is 2.94. The molecule has 2 aliphatic rings. The third-order valence-corrected chi connectivity index (χ3v) is 3.93. The highest BCUT2D eigenvalue weighted by Crippen LogP contribution is 2.27. The second-order valence-corrected chi connectivity index (χ2v) is 5.31. The largest absolute Gasteiger partial charge is 0.351 e. The lowest BCUT2D eigenvalue weighted by atomic mass is 10.00. The number of carbonyl (C=O) groups is 1. The van der Waals surface area contributed by atoms with Crippen LogP contribution in [-0.4, -0.2) is 33.9 Å². The zero-order chi connectivity index (χ0) is 13.4. The Hall–Kier alpha value is -1.60. The van der Waals surface area contributed by atoms with Crippen molar-refractivity contribution in [1.29, 1.82) is 0 Å². The van der Waals surface area contributed by atoms with Crippen molar-refractivity contribution in [1.82, 2.24) is 15.6 Å². The van der Waals surface area contributed by atoms with Gasteiger partial charge in [0.25, 0.3) is 11.6 Å². The molecule has 0 saturated carbocycles. The van der Waals surface area contributed by atoms with Crippen LogP contribution in [0.25, 0.3) is 0 Å². The van der Waals surface area contributed by atoms with Crippen molar-refractivity contribution < 1.29 is 9.72 Å². The highest BCUT2D eigenvalue weighted by molar-refractivity contribution is 5.93. The van der Waals surface area contributed by atoms with Crippen molar-refractivity contribution in [2.45, 2.75) is 43.8 Å². The Kier molecular flexibility index (Phi) is 4.29. The number of nitro groups is 1. The Labute approximate surface area is 122 Å². The lowest BCUT2D eigenvalue weighted by molar-refractivity contribution is -0.384. The predicted octanol–water partition coefficient (Wildman–Crippen LogP) is 1.36. The van der Waals surface area contributed by atoms with Crippen LogP contribution in [0, 0.1) is 10.1 Å². The molecular weight excluding hydrogens is 284 g/mol. The van der Waals surface area contributed by atoms with Crippen LogP contribution in [0.15, 0.2) is 12.3 Å². The fourth-order valence-electron chi connectivity index (χ4n) is 3.06. The van der Waals surface area contributed by atoms with E-state index in [2.05, 4.69) is 15.6 Å². The minimum Gasteiger partial charge on any atom is -0.351 e. The summed E-state index contributed by atoms with van der Waals surface area (Å²) in [6, 6.07) is 2.43. The van der Waals surface area contributed by atoms with E-state index < -0.39 is 4.92 Å². The van der Waals surface area contributed by atoms with Gasteiger partial charge in [0.05, 0.1) is 11.1 Å². The van der Waals surface area contributed by atoms with E-state index in [1.54, 1.807) is 0 Å². The molecule has 1 aromatic heterocycles. The maximum atomic E-state index is 12.0. The number of hydrogen-bond donors (Lipinski definition) is 3. The molecule has 8 heteroatoms. The molecule has 0 spiro atoms. The van der Waals surface area contributed by atoms with Crippen LogP contribution < -0.4 is 10.6 Å². The van der Waals surface area contributed by atoms with Crippen LogP contribution in [0.1, 0.15) is 36.2 Å². The number of hydrogen-bond acceptors (Lipinski definition) is 4. The summed E-state index contributed by atoms with van der Waals surface area (Å²) >= 11 is 0. The number of aromatic nitrogens is 1. The molecule has 0 aliphatic carbocycles. The molecule has 1 aromatic rings. The van der Waals surface area contributed by atoms with Gasteiger partial charge in [-0.3, -0.25) is 14.9 Å². The Morgan fingerprint density at radius 2 is 2.00 bits per heavy atom. The summed E-state index contributed by atoms with van der Waals surface area (Å²) in [5, 5.41) is 17.0. The smallest absolute Gasteiger partial charge is 0.287 e. The second kappa shape index (κ2) is 5.80. The van der Waals surface area contributed by atoms with E-state index in [0.717, 1.165) is 12.8 Å². The number of piperidine rings is 1. The molecule has 2 aliphatic heterocycles. The average molecular weight is 301 g/mol. The molecule has 2 saturated heterocycles. The fraction of sp³-hybridized carbons (Fsp3) is 0.583. The fourth-order valence-corrected chi connectivity index (χ4v) is 3.06. The lowest BCUT2D eigenvalue weighted by Gasteiger charge is -2.29. The first-order valence-electron chi connectivity index (χ1n) is 6.51. The summed E-state index contributed by atoms with van der Waals surface area (Å²) in [6.07, 6.45) is 5.45. The lowest BCUT2D eigenvalue weighted by Crippen LogP contribution is -2.48. The molecule has 20 heavy (non-hydrogen) atoms. The second-order valence-electron chi connectivity index (χ2n) is 5.31. The average Bonchev–Trinajstić information content (AvgIpc) is 2.96. The summed E-state index contributed by atoms with van der Waals surface area (Å²) < 4.78 is 0. The van der Waals surface area contributed by atoms with Gasteiger partial charge in [-0.05, 0) is 25.7 Å². The van der Waals surface area contributed by atoms with E-state index in [9.17, 15) is 14.9 Å². The molecule has 3 heterocycles. The topological polar surface area (TPSA) is 100 Å². The molecule has 7 nitrogen and oxygen atoms in total. The van der Waals surface area contributed by atoms with Crippen LogP contribution in [-0.2, 0) is 0 Å². The van der Waals surface area contributed by atoms with Gasteiger partial charge in [-0.25, -0.2) is 0 Å². The Morgan fingerprint density at radius 3 is 2.55 bits per heavy atom. The number of amides is 1.